The lowest BCUT2D eigenvalue weighted by molar-refractivity contribution is -0.129. The molecule has 1 unspecified atom stereocenters. The largest absolute Gasteiger partial charge is 0.346 e. The number of carbonyl (C=O) groups is 1. The second kappa shape index (κ2) is 4.67. The van der Waals surface area contributed by atoms with Crippen LogP contribution in [-0.2, 0) is 22.2 Å². The fraction of sp³-hybridized carbons (Fsp3) is 0.375. The minimum absolute atomic E-state index is 0.0952. The molecule has 6 heteroatoms. The summed E-state index contributed by atoms with van der Waals surface area (Å²) in [6.07, 6.45) is 2.10. The Morgan fingerprint density at radius 2 is 2.05 bits per heavy atom. The second-order valence-electron chi connectivity index (χ2n) is 6.37. The SMILES string of the molecule is CC1(C)NC(=O)C(C)(Cc2ccn[nH]2)c2nc(C#N)ccc21. The van der Waals surface area contributed by atoms with E-state index in [1.165, 1.54) is 0 Å². The van der Waals surface area contributed by atoms with Gasteiger partial charge in [-0.3, -0.25) is 9.89 Å². The third kappa shape index (κ3) is 2.06. The van der Waals surface area contributed by atoms with Gasteiger partial charge in [-0.2, -0.15) is 10.4 Å². The normalized spacial score (nSPS) is 22.5. The zero-order valence-electron chi connectivity index (χ0n) is 12.8. The van der Waals surface area contributed by atoms with Gasteiger partial charge in [0.25, 0.3) is 0 Å². The Labute approximate surface area is 128 Å². The molecule has 0 fully saturated rings. The number of carbonyl (C=O) groups excluding carboxylic acids is 1. The Morgan fingerprint density at radius 1 is 1.27 bits per heavy atom. The van der Waals surface area contributed by atoms with Crippen LogP contribution < -0.4 is 5.32 Å². The van der Waals surface area contributed by atoms with Gasteiger partial charge < -0.3 is 5.32 Å². The van der Waals surface area contributed by atoms with Gasteiger partial charge in [-0.05, 0) is 38.5 Å². The van der Waals surface area contributed by atoms with E-state index in [1.54, 1.807) is 12.3 Å². The van der Waals surface area contributed by atoms with E-state index in [4.69, 9.17) is 5.26 Å². The van der Waals surface area contributed by atoms with Crippen LogP contribution in [0.2, 0.25) is 0 Å². The van der Waals surface area contributed by atoms with Gasteiger partial charge in [0.1, 0.15) is 11.8 Å². The average molecular weight is 295 g/mol. The fourth-order valence-electron chi connectivity index (χ4n) is 2.97. The number of H-pyrrole nitrogens is 1. The molecule has 2 N–H and O–H groups in total. The molecule has 3 heterocycles. The molecule has 1 aliphatic heterocycles. The maximum atomic E-state index is 12.8. The number of rotatable bonds is 2. The van der Waals surface area contributed by atoms with E-state index in [-0.39, 0.29) is 5.91 Å². The van der Waals surface area contributed by atoms with Gasteiger partial charge in [-0.1, -0.05) is 6.07 Å². The lowest BCUT2D eigenvalue weighted by atomic mass is 9.71. The predicted octanol–water partition coefficient (Wildman–Crippen LogP) is 1.54. The van der Waals surface area contributed by atoms with Crippen molar-refractivity contribution in [1.29, 1.82) is 5.26 Å². The van der Waals surface area contributed by atoms with Crippen LogP contribution in [0, 0.1) is 11.3 Å². The molecular formula is C16H17N5O. The number of pyridine rings is 1. The van der Waals surface area contributed by atoms with Crippen LogP contribution in [-0.4, -0.2) is 21.1 Å². The Kier molecular flexibility index (Phi) is 3.03. The summed E-state index contributed by atoms with van der Waals surface area (Å²) in [6.45, 7) is 5.73. The van der Waals surface area contributed by atoms with Crippen molar-refractivity contribution in [3.05, 3.63) is 47.0 Å². The van der Waals surface area contributed by atoms with Crippen molar-refractivity contribution in [2.45, 2.75) is 38.1 Å². The molecule has 2 aromatic heterocycles. The molecular weight excluding hydrogens is 278 g/mol. The third-order valence-corrected chi connectivity index (χ3v) is 4.24. The number of nitrogens with one attached hydrogen (secondary N) is 2. The van der Waals surface area contributed by atoms with E-state index in [0.717, 1.165) is 11.3 Å². The number of hydrogen-bond donors (Lipinski definition) is 2. The summed E-state index contributed by atoms with van der Waals surface area (Å²) in [7, 11) is 0. The Balaban J connectivity index is 2.19. The number of amides is 1. The van der Waals surface area contributed by atoms with E-state index in [2.05, 4.69) is 26.6 Å². The van der Waals surface area contributed by atoms with Gasteiger partial charge in [-0.25, -0.2) is 4.98 Å². The van der Waals surface area contributed by atoms with Crippen LogP contribution in [0.15, 0.2) is 24.4 Å². The van der Waals surface area contributed by atoms with E-state index < -0.39 is 11.0 Å². The summed E-state index contributed by atoms with van der Waals surface area (Å²) in [4.78, 5) is 17.2. The molecule has 112 valence electrons. The number of aromatic nitrogens is 3. The lowest BCUT2D eigenvalue weighted by Gasteiger charge is -2.42. The van der Waals surface area contributed by atoms with Crippen LogP contribution in [0.1, 0.15) is 43.4 Å². The zero-order valence-corrected chi connectivity index (χ0v) is 12.8. The Hall–Kier alpha value is -2.68. The van der Waals surface area contributed by atoms with Crippen LogP contribution in [0.3, 0.4) is 0 Å². The van der Waals surface area contributed by atoms with Gasteiger partial charge in [-0.15, -0.1) is 0 Å². The third-order valence-electron chi connectivity index (χ3n) is 4.24. The highest BCUT2D eigenvalue weighted by Gasteiger charge is 2.47. The van der Waals surface area contributed by atoms with Crippen LogP contribution in [0.4, 0.5) is 0 Å². The summed E-state index contributed by atoms with van der Waals surface area (Å²) in [5.41, 5.74) is 1.42. The first-order chi connectivity index (χ1) is 10.4. The smallest absolute Gasteiger partial charge is 0.233 e. The minimum atomic E-state index is -0.843. The molecule has 0 saturated heterocycles. The van der Waals surface area contributed by atoms with E-state index >= 15 is 0 Å². The fourth-order valence-corrected chi connectivity index (χ4v) is 2.97. The average Bonchev–Trinajstić information content (AvgIpc) is 2.97. The maximum absolute atomic E-state index is 12.8. The molecule has 1 amide bonds. The molecule has 0 radical (unpaired) electrons. The van der Waals surface area contributed by atoms with Crippen LogP contribution in [0.5, 0.6) is 0 Å². The monoisotopic (exact) mass is 295 g/mol. The van der Waals surface area contributed by atoms with E-state index in [1.807, 2.05) is 32.9 Å². The number of nitriles is 1. The van der Waals surface area contributed by atoms with E-state index in [0.29, 0.717) is 17.8 Å². The Morgan fingerprint density at radius 3 is 2.68 bits per heavy atom. The van der Waals surface area contributed by atoms with Crippen LogP contribution >= 0.6 is 0 Å². The molecule has 3 rings (SSSR count). The van der Waals surface area contributed by atoms with Crippen molar-refractivity contribution in [2.24, 2.45) is 0 Å². The van der Waals surface area contributed by atoms with Crippen LogP contribution in [0.25, 0.3) is 0 Å². The lowest BCUT2D eigenvalue weighted by Crippen LogP contribution is -2.57. The first kappa shape index (κ1) is 14.3. The molecule has 0 saturated carbocycles. The first-order valence-corrected chi connectivity index (χ1v) is 7.10. The first-order valence-electron chi connectivity index (χ1n) is 7.10. The highest BCUT2D eigenvalue weighted by molar-refractivity contribution is 5.90. The maximum Gasteiger partial charge on any atom is 0.233 e. The molecule has 2 aromatic rings. The van der Waals surface area contributed by atoms with Crippen molar-refractivity contribution in [3.8, 4) is 6.07 Å². The van der Waals surface area contributed by atoms with Crippen molar-refractivity contribution in [3.63, 3.8) is 0 Å². The predicted molar refractivity (Wildman–Crippen MR) is 79.8 cm³/mol. The summed E-state index contributed by atoms with van der Waals surface area (Å²) < 4.78 is 0. The van der Waals surface area contributed by atoms with Crippen molar-refractivity contribution in [1.82, 2.24) is 20.5 Å². The topological polar surface area (TPSA) is 94.5 Å². The minimum Gasteiger partial charge on any atom is -0.346 e. The van der Waals surface area contributed by atoms with Gasteiger partial charge in [0.2, 0.25) is 5.91 Å². The highest BCUT2D eigenvalue weighted by Crippen LogP contribution is 2.39. The molecule has 1 atom stereocenters. The molecule has 1 aliphatic rings. The number of nitrogens with zero attached hydrogens (tertiary/aromatic N) is 3. The number of hydrogen-bond acceptors (Lipinski definition) is 4. The molecule has 0 spiro atoms. The highest BCUT2D eigenvalue weighted by atomic mass is 16.2. The van der Waals surface area contributed by atoms with Gasteiger partial charge >= 0.3 is 0 Å². The van der Waals surface area contributed by atoms with E-state index in [9.17, 15) is 4.79 Å². The molecule has 0 aromatic carbocycles. The Bertz CT molecular complexity index is 772. The molecule has 0 aliphatic carbocycles. The summed E-state index contributed by atoms with van der Waals surface area (Å²) in [5, 5.41) is 19.0. The van der Waals surface area contributed by atoms with Crippen molar-refractivity contribution in [2.75, 3.05) is 0 Å². The molecule has 22 heavy (non-hydrogen) atoms. The van der Waals surface area contributed by atoms with Gasteiger partial charge in [0.15, 0.2) is 0 Å². The molecule has 6 nitrogen and oxygen atoms in total. The summed E-state index contributed by atoms with van der Waals surface area (Å²) >= 11 is 0. The van der Waals surface area contributed by atoms with Crippen molar-refractivity contribution >= 4 is 5.91 Å². The summed E-state index contributed by atoms with van der Waals surface area (Å²) in [5.74, 6) is -0.0952. The zero-order chi connectivity index (χ0) is 16.0. The van der Waals surface area contributed by atoms with Gasteiger partial charge in [0, 0.05) is 18.3 Å². The number of fused-ring (bicyclic) bond motifs is 1. The quantitative estimate of drug-likeness (QED) is 0.878. The second-order valence-corrected chi connectivity index (χ2v) is 6.37. The molecule has 0 bridgehead atoms. The summed E-state index contributed by atoms with van der Waals surface area (Å²) in [6, 6.07) is 7.46. The van der Waals surface area contributed by atoms with Gasteiger partial charge in [0.05, 0.1) is 16.6 Å². The standard InChI is InChI=1S/C16H17N5O/c1-15(2)12-5-4-11(9-17)19-13(12)16(3,14(22)20-15)8-10-6-7-18-21-10/h4-7H,8H2,1-3H3,(H,18,21)(H,20,22). The van der Waals surface area contributed by atoms with Crippen molar-refractivity contribution < 1.29 is 4.79 Å². The number of aromatic amines is 1.